The molecule has 3 rings (SSSR count). The molecule has 116 valence electrons. The van der Waals surface area contributed by atoms with Crippen LogP contribution >= 0.6 is 0 Å². The van der Waals surface area contributed by atoms with Crippen LogP contribution in [0.4, 0.5) is 0 Å². The fraction of sp³-hybridized carbons (Fsp3) is 0.800. The van der Waals surface area contributed by atoms with Gasteiger partial charge in [0.2, 0.25) is 17.7 Å². The zero-order valence-corrected chi connectivity index (χ0v) is 12.5. The Labute approximate surface area is 124 Å². The first-order valence-electron chi connectivity index (χ1n) is 7.89. The number of nitrogens with one attached hydrogen (secondary N) is 1. The van der Waals surface area contributed by atoms with E-state index in [1.165, 1.54) is 24.2 Å². The zero-order chi connectivity index (χ0) is 15.0. The summed E-state index contributed by atoms with van der Waals surface area (Å²) in [7, 11) is 1.54. The standard InChI is InChI=1S/C15H23N3O3/c1-17-14(20)11-7-18(8-12(11)15(17)21)9-13(19)16-10-5-3-2-4-6-10/h10-12H,2-9H2,1H3,(H,16,19)/t11-,12+. The highest BCUT2D eigenvalue weighted by molar-refractivity contribution is 6.05. The van der Waals surface area contributed by atoms with E-state index in [2.05, 4.69) is 5.32 Å². The smallest absolute Gasteiger partial charge is 0.234 e. The minimum Gasteiger partial charge on any atom is -0.352 e. The Kier molecular flexibility index (Phi) is 3.97. The molecule has 0 spiro atoms. The van der Waals surface area contributed by atoms with Crippen molar-refractivity contribution < 1.29 is 14.4 Å². The summed E-state index contributed by atoms with van der Waals surface area (Å²) in [6, 6.07) is 0.308. The summed E-state index contributed by atoms with van der Waals surface area (Å²) in [5.74, 6) is -0.662. The second-order valence-corrected chi connectivity index (χ2v) is 6.55. The molecule has 3 fully saturated rings. The number of rotatable bonds is 3. The van der Waals surface area contributed by atoms with E-state index in [0.717, 1.165) is 12.8 Å². The van der Waals surface area contributed by atoms with Gasteiger partial charge >= 0.3 is 0 Å². The van der Waals surface area contributed by atoms with E-state index >= 15 is 0 Å². The predicted molar refractivity (Wildman–Crippen MR) is 76.2 cm³/mol. The number of likely N-dealkylation sites (tertiary alicyclic amines) is 2. The van der Waals surface area contributed by atoms with Gasteiger partial charge < -0.3 is 5.32 Å². The van der Waals surface area contributed by atoms with E-state index in [1.54, 1.807) is 7.05 Å². The SMILES string of the molecule is CN1C(=O)[C@H]2CN(CC(=O)NC3CCCCC3)C[C@H]2C1=O. The minimum absolute atomic E-state index is 0.0233. The highest BCUT2D eigenvalue weighted by atomic mass is 16.2. The summed E-state index contributed by atoms with van der Waals surface area (Å²) >= 11 is 0. The molecule has 0 aromatic heterocycles. The maximum absolute atomic E-state index is 12.1. The lowest BCUT2D eigenvalue weighted by Gasteiger charge is -2.24. The third kappa shape index (κ3) is 2.81. The van der Waals surface area contributed by atoms with Crippen molar-refractivity contribution in [3.63, 3.8) is 0 Å². The van der Waals surface area contributed by atoms with Crippen LogP contribution in [0.3, 0.4) is 0 Å². The Balaban J connectivity index is 1.50. The summed E-state index contributed by atoms with van der Waals surface area (Å²) in [6.45, 7) is 1.35. The van der Waals surface area contributed by atoms with E-state index < -0.39 is 0 Å². The van der Waals surface area contributed by atoms with Gasteiger partial charge in [0.15, 0.2) is 0 Å². The van der Waals surface area contributed by atoms with Gasteiger partial charge in [0, 0.05) is 26.2 Å². The highest BCUT2D eigenvalue weighted by Gasteiger charge is 2.51. The number of hydrogen-bond acceptors (Lipinski definition) is 4. The molecule has 1 saturated carbocycles. The van der Waals surface area contributed by atoms with Crippen molar-refractivity contribution in [2.45, 2.75) is 38.1 Å². The Hall–Kier alpha value is -1.43. The summed E-state index contributed by atoms with van der Waals surface area (Å²) in [5, 5.41) is 3.08. The molecule has 0 aromatic carbocycles. The van der Waals surface area contributed by atoms with Crippen molar-refractivity contribution in [2.24, 2.45) is 11.8 Å². The maximum atomic E-state index is 12.1. The average Bonchev–Trinajstić information content (AvgIpc) is 2.96. The molecule has 6 nitrogen and oxygen atoms in total. The van der Waals surface area contributed by atoms with Crippen LogP contribution in [0.1, 0.15) is 32.1 Å². The molecule has 2 atom stereocenters. The minimum atomic E-state index is -0.245. The molecule has 2 saturated heterocycles. The maximum Gasteiger partial charge on any atom is 0.234 e. The lowest BCUT2D eigenvalue weighted by atomic mass is 9.95. The first-order chi connectivity index (χ1) is 10.1. The second-order valence-electron chi connectivity index (χ2n) is 6.55. The van der Waals surface area contributed by atoms with Crippen molar-refractivity contribution in [1.82, 2.24) is 15.1 Å². The van der Waals surface area contributed by atoms with Crippen LogP contribution in [-0.2, 0) is 14.4 Å². The molecule has 6 heteroatoms. The Morgan fingerprint density at radius 1 is 1.10 bits per heavy atom. The lowest BCUT2D eigenvalue weighted by molar-refractivity contribution is -0.139. The van der Waals surface area contributed by atoms with Gasteiger partial charge in [-0.2, -0.15) is 0 Å². The highest BCUT2D eigenvalue weighted by Crippen LogP contribution is 2.32. The van der Waals surface area contributed by atoms with Crippen LogP contribution < -0.4 is 5.32 Å². The fourth-order valence-electron chi connectivity index (χ4n) is 3.84. The third-order valence-electron chi connectivity index (χ3n) is 5.03. The van der Waals surface area contributed by atoms with Crippen molar-refractivity contribution in [2.75, 3.05) is 26.7 Å². The molecule has 2 heterocycles. The molecule has 0 radical (unpaired) electrons. The topological polar surface area (TPSA) is 69.7 Å². The molecule has 3 aliphatic rings. The number of fused-ring (bicyclic) bond motifs is 1. The molecule has 21 heavy (non-hydrogen) atoms. The molecular formula is C15H23N3O3. The summed E-state index contributed by atoms with van der Waals surface area (Å²) < 4.78 is 0. The Morgan fingerprint density at radius 2 is 1.67 bits per heavy atom. The van der Waals surface area contributed by atoms with E-state index in [1.807, 2.05) is 4.90 Å². The van der Waals surface area contributed by atoms with Crippen molar-refractivity contribution in [1.29, 1.82) is 0 Å². The number of carbonyl (C=O) groups excluding carboxylic acids is 3. The molecule has 1 aliphatic carbocycles. The third-order valence-corrected chi connectivity index (χ3v) is 5.03. The first kappa shape index (κ1) is 14.5. The first-order valence-corrected chi connectivity index (χ1v) is 7.89. The molecular weight excluding hydrogens is 270 g/mol. The van der Waals surface area contributed by atoms with Crippen molar-refractivity contribution >= 4 is 17.7 Å². The van der Waals surface area contributed by atoms with Crippen LogP contribution in [0.5, 0.6) is 0 Å². The summed E-state index contributed by atoms with van der Waals surface area (Å²) in [4.78, 5) is 39.1. The van der Waals surface area contributed by atoms with E-state index in [-0.39, 0.29) is 29.6 Å². The predicted octanol–water partition coefficient (Wildman–Crippen LogP) is -0.0181. The van der Waals surface area contributed by atoms with Gasteiger partial charge in [-0.1, -0.05) is 19.3 Å². The van der Waals surface area contributed by atoms with Crippen molar-refractivity contribution in [3.8, 4) is 0 Å². The van der Waals surface area contributed by atoms with Gasteiger partial charge in [-0.05, 0) is 12.8 Å². The van der Waals surface area contributed by atoms with Gasteiger partial charge in [-0.3, -0.25) is 24.2 Å². The number of amides is 3. The summed E-state index contributed by atoms with van der Waals surface area (Å²) in [6.07, 6.45) is 5.78. The van der Waals surface area contributed by atoms with Gasteiger partial charge in [0.05, 0.1) is 18.4 Å². The quantitative estimate of drug-likeness (QED) is 0.743. The van der Waals surface area contributed by atoms with Crippen LogP contribution in [0.2, 0.25) is 0 Å². The van der Waals surface area contributed by atoms with E-state index in [0.29, 0.717) is 25.7 Å². The molecule has 3 amide bonds. The lowest BCUT2D eigenvalue weighted by Crippen LogP contribution is -2.43. The van der Waals surface area contributed by atoms with E-state index in [4.69, 9.17) is 0 Å². The number of imide groups is 1. The van der Waals surface area contributed by atoms with Crippen LogP contribution in [0, 0.1) is 11.8 Å². The van der Waals surface area contributed by atoms with Gasteiger partial charge in [-0.25, -0.2) is 0 Å². The molecule has 0 unspecified atom stereocenters. The van der Waals surface area contributed by atoms with Gasteiger partial charge in [0.1, 0.15) is 0 Å². The summed E-state index contributed by atoms with van der Waals surface area (Å²) in [5.41, 5.74) is 0. The number of hydrogen-bond donors (Lipinski definition) is 1. The molecule has 0 bridgehead atoms. The van der Waals surface area contributed by atoms with Crippen LogP contribution in [0.15, 0.2) is 0 Å². The largest absolute Gasteiger partial charge is 0.352 e. The number of nitrogens with zero attached hydrogens (tertiary/aromatic N) is 2. The Morgan fingerprint density at radius 3 is 2.24 bits per heavy atom. The van der Waals surface area contributed by atoms with Crippen LogP contribution in [0.25, 0.3) is 0 Å². The Bertz CT molecular complexity index is 435. The molecule has 2 aliphatic heterocycles. The molecule has 0 aromatic rings. The fourth-order valence-corrected chi connectivity index (χ4v) is 3.84. The number of carbonyl (C=O) groups is 3. The second kappa shape index (κ2) is 5.75. The van der Waals surface area contributed by atoms with Gasteiger partial charge in [0.25, 0.3) is 0 Å². The van der Waals surface area contributed by atoms with Crippen LogP contribution in [-0.4, -0.2) is 60.2 Å². The van der Waals surface area contributed by atoms with Crippen molar-refractivity contribution in [3.05, 3.63) is 0 Å². The van der Waals surface area contributed by atoms with E-state index in [9.17, 15) is 14.4 Å². The normalized spacial score (nSPS) is 30.8. The molecule has 1 N–H and O–H groups in total. The zero-order valence-electron chi connectivity index (χ0n) is 12.5. The van der Waals surface area contributed by atoms with Gasteiger partial charge in [-0.15, -0.1) is 0 Å². The average molecular weight is 293 g/mol. The monoisotopic (exact) mass is 293 g/mol.